The number of hydrogen-bond acceptors (Lipinski definition) is 14. The predicted octanol–water partition coefficient (Wildman–Crippen LogP) is 13.9. The molecule has 3 radical (unpaired) electrons. The van der Waals surface area contributed by atoms with Crippen LogP contribution in [0, 0.1) is 30.9 Å². The first-order valence-corrected chi connectivity index (χ1v) is 29.1. The van der Waals surface area contributed by atoms with Crippen LogP contribution in [0.1, 0.15) is 93.8 Å². The van der Waals surface area contributed by atoms with E-state index in [1.54, 1.807) is 111 Å². The van der Waals surface area contributed by atoms with Crippen LogP contribution in [0.25, 0.3) is 43.8 Å². The van der Waals surface area contributed by atoms with Gasteiger partial charge in [-0.1, -0.05) is 81.3 Å². The zero-order valence-electron chi connectivity index (χ0n) is 50.9. The van der Waals surface area contributed by atoms with E-state index in [9.17, 15) is 23.2 Å². The van der Waals surface area contributed by atoms with E-state index in [0.717, 1.165) is 49.4 Å². The van der Waals surface area contributed by atoms with Crippen LogP contribution >= 0.6 is 54.5 Å². The molecule has 20 nitrogen and oxygen atoms in total. The molecular formula is C62H67BBr2F2IN14O6V3-3. The summed E-state index contributed by atoms with van der Waals surface area (Å²) in [7, 11) is -1.65. The monoisotopic (exact) mass is 1590 g/mol. The molecule has 0 aliphatic carbocycles. The average molecular weight is 1590 g/mol. The summed E-state index contributed by atoms with van der Waals surface area (Å²) >= 11 is 9.03. The number of nitrogen functional groups attached to an aromatic ring is 1. The third kappa shape index (κ3) is 31.9. The second-order valence-corrected chi connectivity index (χ2v) is 24.3. The minimum Gasteiger partial charge on any atom is -0.476 e. The second-order valence-electron chi connectivity index (χ2n) is 19.2. The van der Waals surface area contributed by atoms with E-state index in [-0.39, 0.29) is 84.3 Å². The van der Waals surface area contributed by atoms with Gasteiger partial charge >= 0.3 is 13.1 Å². The maximum Gasteiger partial charge on any atom is 0.490 e. The summed E-state index contributed by atoms with van der Waals surface area (Å²) in [6, 6.07) is 29.3. The first-order chi connectivity index (χ1) is 41.9. The third-order valence-electron chi connectivity index (χ3n) is 9.83. The van der Waals surface area contributed by atoms with Gasteiger partial charge in [0.1, 0.15) is 11.6 Å². The summed E-state index contributed by atoms with van der Waals surface area (Å²) in [5, 5.41) is 53.4. The summed E-state index contributed by atoms with van der Waals surface area (Å²) in [4.78, 5) is 54.3. The number of aromatic nitrogens is 11. The largest absolute Gasteiger partial charge is 0.490 e. The number of fused-ring (bicyclic) bond motifs is 3. The zero-order valence-corrected chi connectivity index (χ0v) is 60.4. The maximum atomic E-state index is 13.4. The molecule has 0 aliphatic rings. The number of hydrogen-bond donors (Lipinski definition) is 9. The number of H-pyrrole nitrogens is 3. The van der Waals surface area contributed by atoms with Gasteiger partial charge in [-0.25, -0.2) is 13.6 Å². The second kappa shape index (κ2) is 44.8. The Morgan fingerprint density at radius 3 is 1.33 bits per heavy atom. The van der Waals surface area contributed by atoms with Crippen LogP contribution in [0.3, 0.4) is 0 Å². The van der Waals surface area contributed by atoms with Gasteiger partial charge in [0, 0.05) is 132 Å². The molecule has 11 aromatic rings. The van der Waals surface area contributed by atoms with Gasteiger partial charge in [-0.15, -0.1) is 0 Å². The van der Waals surface area contributed by atoms with Crippen LogP contribution in [0.2, 0.25) is 0 Å². The molecule has 0 saturated carbocycles. The van der Waals surface area contributed by atoms with Crippen molar-refractivity contribution in [2.24, 2.45) is 0 Å². The molecule has 8 heterocycles. The van der Waals surface area contributed by atoms with Crippen molar-refractivity contribution in [1.82, 2.24) is 55.5 Å². The Kier molecular flexibility index (Phi) is 41.5. The van der Waals surface area contributed by atoms with Crippen molar-refractivity contribution in [2.45, 2.75) is 65.7 Å². The number of benzene rings is 3. The number of anilines is 3. The number of nitrogens with one attached hydrogen (secondary N) is 5. The van der Waals surface area contributed by atoms with E-state index in [1.807, 2.05) is 50.6 Å². The Hall–Kier alpha value is -6.68. The predicted molar refractivity (Wildman–Crippen MR) is 362 cm³/mol. The van der Waals surface area contributed by atoms with Crippen LogP contribution in [-0.2, 0) is 55.7 Å². The van der Waals surface area contributed by atoms with Crippen molar-refractivity contribution in [2.75, 3.05) is 16.4 Å². The number of halogens is 5. The van der Waals surface area contributed by atoms with Gasteiger partial charge < -0.3 is 50.8 Å². The van der Waals surface area contributed by atoms with Crippen molar-refractivity contribution in [3.05, 3.63) is 222 Å². The molecule has 0 bridgehead atoms. The number of carboxylic acid groups (broad SMARTS) is 1. The minimum atomic E-state index is -1.65. The van der Waals surface area contributed by atoms with Gasteiger partial charge in [0.25, 0.3) is 11.8 Å². The van der Waals surface area contributed by atoms with E-state index in [1.165, 1.54) is 18.2 Å². The number of aromatic carboxylic acids is 1. The summed E-state index contributed by atoms with van der Waals surface area (Å²) < 4.78 is 27.9. The Balaban J connectivity index is 0.00000110. The number of carbonyl (C=O) groups excluding carboxylic acids is 2. The van der Waals surface area contributed by atoms with E-state index >= 15 is 0 Å². The number of nitrogens with two attached hydrogens (primary N) is 1. The topological polar surface area (TPSA) is 312 Å². The average Bonchev–Trinajstić information content (AvgIpc) is 1.83. The Labute approximate surface area is 594 Å². The molecule has 0 spiro atoms. The molecule has 91 heavy (non-hydrogen) atoms. The molecule has 477 valence electrons. The summed E-state index contributed by atoms with van der Waals surface area (Å²) in [6.07, 6.45) is 16.6. The normalized spacial score (nSPS) is 9.69. The maximum absolute atomic E-state index is 13.4. The number of amides is 2. The van der Waals surface area contributed by atoms with Gasteiger partial charge in [-0.2, -0.15) is 56.8 Å². The van der Waals surface area contributed by atoms with Gasteiger partial charge in [-0.05, 0) is 103 Å². The number of aromatic amines is 3. The van der Waals surface area contributed by atoms with Crippen molar-refractivity contribution < 1.29 is 94.0 Å². The van der Waals surface area contributed by atoms with Crippen LogP contribution < -0.4 is 21.8 Å². The number of carbonyl (C=O) groups is 3. The molecular weight excluding hydrogens is 1530 g/mol. The van der Waals surface area contributed by atoms with Crippen LogP contribution in [-0.4, -0.2) is 99.0 Å². The quantitative estimate of drug-likeness (QED) is 0.0310. The fraction of sp³-hybridized carbons (Fsp3) is 0.161. The van der Waals surface area contributed by atoms with Gasteiger partial charge in [0.2, 0.25) is 0 Å². The SMILES string of the molecule is CC(C)(C)I.C[C-](C)C.C[CH-]C.Nc1cccnc1.O=C(Nc1cccnc1)c1n[nH]c2ccc(-c3cncc(F)c3)cc12.O=C(Nc1cccnc1)c1n[nH]c2ccc(Br)cc12.O=C(O)c1n[nH]c2ccc(Br)cc12.OB(O)c1cncc(F)c1.[CH2-]C.[V].[V].[V]. The molecule has 0 saturated heterocycles. The minimum absolute atomic E-state index is 0. The molecule has 0 atom stereocenters. The van der Waals surface area contributed by atoms with E-state index in [2.05, 4.69) is 169 Å². The first-order valence-electron chi connectivity index (χ1n) is 26.4. The number of nitrogens with zero attached hydrogens (tertiary/aromatic N) is 8. The van der Waals surface area contributed by atoms with Gasteiger partial charge in [0.05, 0.1) is 58.4 Å². The standard InChI is InChI=1S/C18H12FN5O.C13H9BrN4O.C8H5BrN2O2.C5H5BFNO2.C5H6N2.C4H9I.C4H9.C3H7.C2H5.3V/c19-13-6-12(8-21-9-13)11-3-4-16-15(7-11)17(24-23-16)18(25)22-14-2-1-5-20-10-14;14-8-3-4-11-10(6-8)12(18-17-11)13(19)16-9-2-1-5-15-7-9;9-4-1-2-6-5(3-4)7(8(12)13)11-10-6;7-5-1-4(6(9)10)2-8-3-5;6-5-2-1-3-7-4-5;1-4(2,3)5;1-4(2)3;1-3-2;1-2;;;/h1-10H,(H,22,25)(H,23,24);1-7H,(H,16,19)(H,17,18);1-3H,(H,10,11)(H,12,13);1-3,9-10H;1-4H,6H2;1-3H3;1-3H3;3H,1-2H3;1H2,2H3;;;/q;;;;;;3*-1;;;. The van der Waals surface area contributed by atoms with Gasteiger partial charge in [-0.3, -0.25) is 49.8 Å². The summed E-state index contributed by atoms with van der Waals surface area (Å²) in [6.45, 7) is 21.8. The molecule has 2 amide bonds. The molecule has 11 rings (SSSR count). The Bertz CT molecular complexity index is 3870. The van der Waals surface area contributed by atoms with Crippen molar-refractivity contribution in [3.8, 4) is 11.1 Å². The number of pyridine rings is 5. The molecule has 3 aromatic carbocycles. The summed E-state index contributed by atoms with van der Waals surface area (Å²) in [5.41, 5.74) is 11.6. The molecule has 0 fully saturated rings. The number of alkyl halides is 1. The molecule has 8 aromatic heterocycles. The fourth-order valence-electron chi connectivity index (χ4n) is 6.44. The molecule has 10 N–H and O–H groups in total. The van der Waals surface area contributed by atoms with E-state index in [0.29, 0.717) is 48.0 Å². The van der Waals surface area contributed by atoms with Gasteiger partial charge in [0.15, 0.2) is 17.1 Å². The molecule has 29 heteroatoms. The zero-order chi connectivity index (χ0) is 65.3. The number of rotatable bonds is 7. The first kappa shape index (κ1) is 84.3. The van der Waals surface area contributed by atoms with Crippen molar-refractivity contribution in [3.63, 3.8) is 0 Å². The van der Waals surface area contributed by atoms with Crippen LogP contribution in [0.5, 0.6) is 0 Å². The Morgan fingerprint density at radius 2 is 0.978 bits per heavy atom. The van der Waals surface area contributed by atoms with E-state index in [4.69, 9.17) is 20.9 Å². The Morgan fingerprint density at radius 1 is 0.593 bits per heavy atom. The van der Waals surface area contributed by atoms with Crippen LogP contribution in [0.4, 0.5) is 25.8 Å². The third-order valence-corrected chi connectivity index (χ3v) is 10.8. The fourth-order valence-corrected chi connectivity index (χ4v) is 7.17. The smallest absolute Gasteiger partial charge is 0.476 e. The molecule has 0 unspecified atom stereocenters. The summed E-state index contributed by atoms with van der Waals surface area (Å²) in [5.74, 6) is -1.22. The van der Waals surface area contributed by atoms with Crippen LogP contribution in [0.15, 0.2) is 174 Å². The molecule has 0 aliphatic heterocycles. The van der Waals surface area contributed by atoms with E-state index < -0.39 is 24.7 Å². The van der Waals surface area contributed by atoms with Crippen molar-refractivity contribution >= 4 is 135 Å². The van der Waals surface area contributed by atoms with Crippen molar-refractivity contribution in [1.29, 1.82) is 0 Å². The number of carboxylic acids is 1.